The lowest BCUT2D eigenvalue weighted by molar-refractivity contribution is -0.242. The topological polar surface area (TPSA) is 128 Å². The highest BCUT2D eigenvalue weighted by Crippen LogP contribution is 2.35. The van der Waals surface area contributed by atoms with Crippen molar-refractivity contribution in [1.29, 1.82) is 0 Å². The maximum absolute atomic E-state index is 13.9. The first-order chi connectivity index (χ1) is 20.7. The molecule has 6 atom stereocenters. The Morgan fingerprint density at radius 1 is 1.19 bits per heavy atom. The number of aromatic nitrogens is 3. The van der Waals surface area contributed by atoms with Crippen LogP contribution in [0.5, 0.6) is 0 Å². The molecule has 11 nitrogen and oxygen atoms in total. The van der Waals surface area contributed by atoms with Gasteiger partial charge in [0.05, 0.1) is 19.4 Å². The minimum atomic E-state index is -1.35. The molecule has 4 rings (SSSR count). The number of nitrogens with zero attached hydrogens (tertiary/aromatic N) is 4. The highest BCUT2D eigenvalue weighted by atomic mass is 79.9. The fraction of sp³-hybridized carbons (Fsp3) is 0.483. The number of halogens is 3. The van der Waals surface area contributed by atoms with Crippen molar-refractivity contribution in [3.63, 3.8) is 0 Å². The Bertz CT molecular complexity index is 1330. The molecule has 1 aliphatic heterocycles. The number of carbonyl (C=O) groups excluding carboxylic acids is 1. The predicted molar refractivity (Wildman–Crippen MR) is 154 cm³/mol. The van der Waals surface area contributed by atoms with E-state index in [1.54, 1.807) is 14.2 Å². The van der Waals surface area contributed by atoms with Gasteiger partial charge in [0.25, 0.3) is 5.91 Å². The maximum atomic E-state index is 13.9. The number of rotatable bonds is 13. The smallest absolute Gasteiger partial charge is 0.254 e. The SMILES string of the molecule is COCCCN(C)C(=O)[C@@H](OCc1ccc(Br)cc1)[C@@H]1OC(CO)[C@H](O)[C@H](n2cc(-c3cc(F)cc(F)c3)nn2)C1OC. The van der Waals surface area contributed by atoms with Crippen molar-refractivity contribution in [3.8, 4) is 11.3 Å². The number of aliphatic hydroxyl groups excluding tert-OH is 2. The molecular weight excluding hydrogens is 634 g/mol. The van der Waals surface area contributed by atoms with Gasteiger partial charge in [-0.1, -0.05) is 33.3 Å². The Balaban J connectivity index is 1.68. The lowest BCUT2D eigenvalue weighted by Gasteiger charge is -2.46. The van der Waals surface area contributed by atoms with Gasteiger partial charge < -0.3 is 34.1 Å². The first kappa shape index (κ1) is 33.1. The third kappa shape index (κ3) is 8.01. The fourth-order valence-electron chi connectivity index (χ4n) is 5.05. The molecule has 1 fully saturated rings. The molecule has 1 saturated heterocycles. The Kier molecular flexibility index (Phi) is 11.7. The summed E-state index contributed by atoms with van der Waals surface area (Å²) < 4.78 is 53.2. The zero-order valence-corrected chi connectivity index (χ0v) is 25.6. The van der Waals surface area contributed by atoms with Crippen LogP contribution in [0.3, 0.4) is 0 Å². The number of likely N-dealkylation sites (N-methyl/N-ethyl adjacent to an activating group) is 1. The molecule has 3 aromatic rings. The van der Waals surface area contributed by atoms with Crippen LogP contribution in [0.1, 0.15) is 18.0 Å². The summed E-state index contributed by atoms with van der Waals surface area (Å²) in [6.07, 6.45) is -3.87. The summed E-state index contributed by atoms with van der Waals surface area (Å²) in [7, 11) is 4.60. The fourth-order valence-corrected chi connectivity index (χ4v) is 5.31. The standard InChI is InChI=1S/C29H35BrF2N4O7/c1-35(9-4-10-40-2)29(39)28(42-16-17-5-7-19(30)8-6-17)27-26(41-3)24(25(38)23(15-37)43-27)36-14-22(33-34-36)18-11-20(31)13-21(32)12-18/h5-8,11-14,23-28,37-38H,4,9-10,15-16H2,1-3H3/t23?,24-,25-,26?,27+,28-/m0/s1. The maximum Gasteiger partial charge on any atom is 0.254 e. The van der Waals surface area contributed by atoms with Crippen molar-refractivity contribution >= 4 is 21.8 Å². The van der Waals surface area contributed by atoms with Gasteiger partial charge in [-0.15, -0.1) is 5.10 Å². The molecular formula is C29H35BrF2N4O7. The van der Waals surface area contributed by atoms with Gasteiger partial charge in [0.2, 0.25) is 0 Å². The van der Waals surface area contributed by atoms with Gasteiger partial charge in [0.15, 0.2) is 6.10 Å². The summed E-state index contributed by atoms with van der Waals surface area (Å²) in [6.45, 7) is 0.300. The van der Waals surface area contributed by atoms with Crippen LogP contribution in [0, 0.1) is 11.6 Å². The largest absolute Gasteiger partial charge is 0.394 e. The molecule has 14 heteroatoms. The highest BCUT2D eigenvalue weighted by Gasteiger charge is 2.52. The van der Waals surface area contributed by atoms with Gasteiger partial charge in [0.1, 0.15) is 47.8 Å². The minimum absolute atomic E-state index is 0.0571. The van der Waals surface area contributed by atoms with Gasteiger partial charge in [-0.25, -0.2) is 13.5 Å². The molecule has 0 spiro atoms. The van der Waals surface area contributed by atoms with Crippen LogP contribution in [0.25, 0.3) is 11.3 Å². The molecule has 1 aromatic heterocycles. The van der Waals surface area contributed by atoms with Crippen LogP contribution in [-0.2, 0) is 30.3 Å². The first-order valence-electron chi connectivity index (χ1n) is 13.6. The van der Waals surface area contributed by atoms with E-state index in [9.17, 15) is 23.8 Å². The van der Waals surface area contributed by atoms with Crippen LogP contribution in [-0.4, -0.2) is 108 Å². The number of amides is 1. The van der Waals surface area contributed by atoms with Crippen molar-refractivity contribution in [2.24, 2.45) is 0 Å². The van der Waals surface area contributed by atoms with Crippen LogP contribution in [0.4, 0.5) is 8.78 Å². The number of aliphatic hydroxyl groups is 2. The molecule has 0 bridgehead atoms. The third-order valence-corrected chi connectivity index (χ3v) is 7.78. The Hall–Kier alpha value is -2.85. The van der Waals surface area contributed by atoms with E-state index in [4.69, 9.17) is 18.9 Å². The molecule has 1 aliphatic rings. The lowest BCUT2D eigenvalue weighted by Crippen LogP contribution is -2.62. The Morgan fingerprint density at radius 2 is 1.88 bits per heavy atom. The zero-order valence-electron chi connectivity index (χ0n) is 24.0. The van der Waals surface area contributed by atoms with Gasteiger partial charge >= 0.3 is 0 Å². The molecule has 43 heavy (non-hydrogen) atoms. The van der Waals surface area contributed by atoms with Crippen molar-refractivity contribution < 1.29 is 42.7 Å². The summed E-state index contributed by atoms with van der Waals surface area (Å²) in [4.78, 5) is 15.3. The second-order valence-corrected chi connectivity index (χ2v) is 11.1. The summed E-state index contributed by atoms with van der Waals surface area (Å²) in [5.41, 5.74) is 1.07. The lowest BCUT2D eigenvalue weighted by atomic mass is 9.89. The van der Waals surface area contributed by atoms with Crippen molar-refractivity contribution in [2.75, 3.05) is 41.0 Å². The minimum Gasteiger partial charge on any atom is -0.394 e. The van der Waals surface area contributed by atoms with E-state index in [2.05, 4.69) is 26.2 Å². The summed E-state index contributed by atoms with van der Waals surface area (Å²) >= 11 is 3.40. The number of carbonyl (C=O) groups is 1. The molecule has 2 unspecified atom stereocenters. The third-order valence-electron chi connectivity index (χ3n) is 7.25. The van der Waals surface area contributed by atoms with E-state index in [0.717, 1.165) is 28.2 Å². The van der Waals surface area contributed by atoms with Gasteiger partial charge in [0, 0.05) is 50.5 Å². The van der Waals surface area contributed by atoms with E-state index in [1.165, 1.54) is 22.9 Å². The second kappa shape index (κ2) is 15.2. The second-order valence-electron chi connectivity index (χ2n) is 10.2. The summed E-state index contributed by atoms with van der Waals surface area (Å²) in [5, 5.41) is 29.5. The van der Waals surface area contributed by atoms with Crippen molar-refractivity contribution in [3.05, 3.63) is 70.3 Å². The van der Waals surface area contributed by atoms with E-state index in [0.29, 0.717) is 19.6 Å². The highest BCUT2D eigenvalue weighted by molar-refractivity contribution is 9.10. The molecule has 2 heterocycles. The monoisotopic (exact) mass is 668 g/mol. The molecule has 2 aromatic carbocycles. The Labute approximate surface area is 256 Å². The normalized spacial score (nSPS) is 22.8. The average molecular weight is 670 g/mol. The van der Waals surface area contributed by atoms with Crippen LogP contribution in [0.2, 0.25) is 0 Å². The van der Waals surface area contributed by atoms with Crippen LogP contribution in [0.15, 0.2) is 53.1 Å². The summed E-state index contributed by atoms with van der Waals surface area (Å²) in [6, 6.07) is 9.32. The van der Waals surface area contributed by atoms with Crippen molar-refractivity contribution in [2.45, 2.75) is 49.6 Å². The predicted octanol–water partition coefficient (Wildman–Crippen LogP) is 2.74. The first-order valence-corrected chi connectivity index (χ1v) is 14.4. The quantitative estimate of drug-likeness (QED) is 0.264. The zero-order chi connectivity index (χ0) is 31.1. The average Bonchev–Trinajstić information content (AvgIpc) is 3.47. The van der Waals surface area contributed by atoms with E-state index in [1.807, 2.05) is 24.3 Å². The van der Waals surface area contributed by atoms with E-state index in [-0.39, 0.29) is 17.9 Å². The Morgan fingerprint density at radius 3 is 2.51 bits per heavy atom. The van der Waals surface area contributed by atoms with Crippen molar-refractivity contribution in [1.82, 2.24) is 19.9 Å². The number of methoxy groups -OCH3 is 2. The molecule has 234 valence electrons. The van der Waals surface area contributed by atoms with Gasteiger partial charge in [-0.2, -0.15) is 0 Å². The van der Waals surface area contributed by atoms with Gasteiger partial charge in [-0.3, -0.25) is 4.79 Å². The summed E-state index contributed by atoms with van der Waals surface area (Å²) in [5.74, 6) is -1.98. The van der Waals surface area contributed by atoms with E-state index < -0.39 is 60.7 Å². The molecule has 0 radical (unpaired) electrons. The molecule has 1 amide bonds. The van der Waals surface area contributed by atoms with Crippen LogP contribution < -0.4 is 0 Å². The number of hydrogen-bond donors (Lipinski definition) is 2. The van der Waals surface area contributed by atoms with Gasteiger partial charge in [-0.05, 0) is 36.2 Å². The molecule has 0 saturated carbocycles. The van der Waals surface area contributed by atoms with Crippen LogP contribution >= 0.6 is 15.9 Å². The number of benzene rings is 2. The van der Waals surface area contributed by atoms with E-state index >= 15 is 0 Å². The number of ether oxygens (including phenoxy) is 4. The number of hydrogen-bond acceptors (Lipinski definition) is 9. The molecule has 0 aliphatic carbocycles. The molecule has 2 N–H and O–H groups in total.